The Bertz CT molecular complexity index is 737. The van der Waals surface area contributed by atoms with Crippen molar-refractivity contribution in [3.63, 3.8) is 0 Å². The molecule has 2 heteroatoms. The molecule has 0 heterocycles. The lowest BCUT2D eigenvalue weighted by molar-refractivity contribution is 0.472. The van der Waals surface area contributed by atoms with Gasteiger partial charge in [0.15, 0.2) is 0 Å². The summed E-state index contributed by atoms with van der Waals surface area (Å²) < 4.78 is 0. The van der Waals surface area contributed by atoms with Gasteiger partial charge in [-0.1, -0.05) is 32.8 Å². The van der Waals surface area contributed by atoms with Gasteiger partial charge in [0.2, 0.25) is 0 Å². The van der Waals surface area contributed by atoms with Crippen molar-refractivity contribution in [3.8, 4) is 24.2 Å². The summed E-state index contributed by atoms with van der Waals surface area (Å²) in [4.78, 5) is 0. The molecule has 0 bridgehead atoms. The third-order valence-electron chi connectivity index (χ3n) is 3.18. The third kappa shape index (κ3) is 2.14. The van der Waals surface area contributed by atoms with Crippen molar-refractivity contribution in [3.05, 3.63) is 41.0 Å². The minimum Gasteiger partial charge on any atom is -0.508 e. The van der Waals surface area contributed by atoms with Crippen LogP contribution in [0.1, 0.15) is 37.5 Å². The summed E-state index contributed by atoms with van der Waals surface area (Å²) in [6.07, 6.45) is 5.58. The van der Waals surface area contributed by atoms with E-state index in [-0.39, 0.29) is 11.2 Å². The summed E-state index contributed by atoms with van der Waals surface area (Å²) in [5, 5.41) is 20.7. The van der Waals surface area contributed by atoms with Crippen LogP contribution in [0.3, 0.4) is 0 Å². The molecular weight excluding hydrogens is 234 g/mol. The molecule has 19 heavy (non-hydrogen) atoms. The number of aromatic hydroxyl groups is 1. The molecule has 2 aromatic rings. The van der Waals surface area contributed by atoms with Gasteiger partial charge in [-0.3, -0.25) is 0 Å². The molecule has 2 aromatic carbocycles. The van der Waals surface area contributed by atoms with Crippen LogP contribution in [0, 0.1) is 23.7 Å². The molecule has 0 aromatic heterocycles. The zero-order valence-electron chi connectivity index (χ0n) is 11.3. The Labute approximate surface area is 113 Å². The Kier molecular flexibility index (Phi) is 2.97. The second-order valence-electron chi connectivity index (χ2n) is 5.59. The second kappa shape index (κ2) is 4.34. The molecule has 0 amide bonds. The van der Waals surface area contributed by atoms with E-state index in [1.807, 2.05) is 6.07 Å². The lowest BCUT2D eigenvalue weighted by Crippen LogP contribution is -2.12. The minimum atomic E-state index is -0.170. The zero-order valence-corrected chi connectivity index (χ0v) is 11.3. The van der Waals surface area contributed by atoms with Crippen LogP contribution < -0.4 is 0 Å². The first-order valence-electron chi connectivity index (χ1n) is 6.05. The predicted octanol–water partition coefficient (Wildman–Crippen LogP) is 3.70. The smallest absolute Gasteiger partial charge is 0.116 e. The molecule has 2 nitrogen and oxygen atoms in total. The first-order chi connectivity index (χ1) is 8.88. The average Bonchev–Trinajstić information content (AvgIpc) is 2.35. The third-order valence-corrected chi connectivity index (χ3v) is 3.18. The number of phenolic OH excluding ortho intramolecular Hbond substituents is 1. The molecule has 94 valence electrons. The number of hydrogen-bond donors (Lipinski definition) is 1. The van der Waals surface area contributed by atoms with E-state index in [9.17, 15) is 5.11 Å². The number of rotatable bonds is 0. The van der Waals surface area contributed by atoms with Crippen LogP contribution in [0.2, 0.25) is 0 Å². The van der Waals surface area contributed by atoms with Crippen molar-refractivity contribution < 1.29 is 5.11 Å². The minimum absolute atomic E-state index is 0.170. The van der Waals surface area contributed by atoms with Gasteiger partial charge in [0.25, 0.3) is 0 Å². The number of nitriles is 1. The largest absolute Gasteiger partial charge is 0.508 e. The summed E-state index contributed by atoms with van der Waals surface area (Å²) in [5.74, 6) is 2.83. The molecule has 0 fully saturated rings. The summed E-state index contributed by atoms with van der Waals surface area (Å²) in [6.45, 7) is 6.17. The number of nitrogens with zero attached hydrogens (tertiary/aromatic N) is 1. The van der Waals surface area contributed by atoms with Crippen LogP contribution in [0.25, 0.3) is 10.8 Å². The van der Waals surface area contributed by atoms with Crippen LogP contribution in [0.4, 0.5) is 0 Å². The first-order valence-corrected chi connectivity index (χ1v) is 6.05. The standard InChI is InChI=1S/C17H15NO/c1-5-14-12(10-18)7-6-11-8-13(19)9-15(16(11)14)17(2,3)4/h1,6-9,19H,2-4H3. The number of terminal acetylenes is 1. The van der Waals surface area contributed by atoms with Crippen molar-refractivity contribution in [2.45, 2.75) is 26.2 Å². The van der Waals surface area contributed by atoms with Crippen molar-refractivity contribution in [1.29, 1.82) is 5.26 Å². The summed E-state index contributed by atoms with van der Waals surface area (Å²) >= 11 is 0. The van der Waals surface area contributed by atoms with Gasteiger partial charge in [-0.05, 0) is 34.6 Å². The topological polar surface area (TPSA) is 44.0 Å². The molecule has 0 spiro atoms. The highest BCUT2D eigenvalue weighted by atomic mass is 16.3. The average molecular weight is 249 g/mol. The van der Waals surface area contributed by atoms with Crippen LogP contribution in [0.15, 0.2) is 24.3 Å². The normalized spacial score (nSPS) is 11.0. The Hall–Kier alpha value is -2.45. The maximum Gasteiger partial charge on any atom is 0.116 e. The first kappa shape index (κ1) is 13.0. The quantitative estimate of drug-likeness (QED) is 0.723. The highest BCUT2D eigenvalue weighted by Gasteiger charge is 2.20. The lowest BCUT2D eigenvalue weighted by atomic mass is 9.81. The molecule has 0 radical (unpaired) electrons. The molecule has 0 saturated heterocycles. The molecule has 0 aliphatic heterocycles. The van der Waals surface area contributed by atoms with Gasteiger partial charge in [-0.2, -0.15) is 5.26 Å². The van der Waals surface area contributed by atoms with Crippen molar-refractivity contribution >= 4 is 10.8 Å². The maximum atomic E-state index is 9.85. The van der Waals surface area contributed by atoms with E-state index in [1.165, 1.54) is 0 Å². The van der Waals surface area contributed by atoms with Crippen molar-refractivity contribution in [1.82, 2.24) is 0 Å². The maximum absolute atomic E-state index is 9.85. The second-order valence-corrected chi connectivity index (χ2v) is 5.59. The Balaban J connectivity index is 3.05. The van der Waals surface area contributed by atoms with Gasteiger partial charge >= 0.3 is 0 Å². The summed E-state index contributed by atoms with van der Waals surface area (Å²) in [5.41, 5.74) is 1.88. The van der Waals surface area contributed by atoms with Crippen LogP contribution in [-0.4, -0.2) is 5.11 Å². The van der Waals surface area contributed by atoms with E-state index in [1.54, 1.807) is 18.2 Å². The molecule has 0 atom stereocenters. The molecule has 0 unspecified atom stereocenters. The monoisotopic (exact) mass is 249 g/mol. The summed E-state index contributed by atoms with van der Waals surface area (Å²) in [7, 11) is 0. The zero-order chi connectivity index (χ0) is 14.2. The van der Waals surface area contributed by atoms with E-state index < -0.39 is 0 Å². The van der Waals surface area contributed by atoms with Gasteiger partial charge in [0.05, 0.1) is 11.1 Å². The van der Waals surface area contributed by atoms with E-state index >= 15 is 0 Å². The SMILES string of the molecule is C#Cc1c(C#N)ccc2cc(O)cc(C(C)(C)C)c12. The molecule has 2 rings (SSSR count). The molecule has 0 aliphatic rings. The molecule has 1 N–H and O–H groups in total. The van der Waals surface area contributed by atoms with Gasteiger partial charge in [-0.15, -0.1) is 6.42 Å². The van der Waals surface area contributed by atoms with Crippen LogP contribution in [-0.2, 0) is 5.41 Å². The fourth-order valence-electron chi connectivity index (χ4n) is 2.28. The number of hydrogen-bond acceptors (Lipinski definition) is 2. The molecule has 0 aliphatic carbocycles. The van der Waals surface area contributed by atoms with E-state index in [0.717, 1.165) is 16.3 Å². The molecular formula is C17H15NO. The molecule has 0 saturated carbocycles. The lowest BCUT2D eigenvalue weighted by Gasteiger charge is -2.23. The van der Waals surface area contributed by atoms with Gasteiger partial charge in [0, 0.05) is 5.39 Å². The van der Waals surface area contributed by atoms with E-state index in [0.29, 0.717) is 11.1 Å². The van der Waals surface area contributed by atoms with Gasteiger partial charge < -0.3 is 5.11 Å². The Morgan fingerprint density at radius 3 is 2.42 bits per heavy atom. The Morgan fingerprint density at radius 1 is 1.21 bits per heavy atom. The van der Waals surface area contributed by atoms with Gasteiger partial charge in [0.1, 0.15) is 11.8 Å². The van der Waals surface area contributed by atoms with E-state index in [4.69, 9.17) is 11.7 Å². The van der Waals surface area contributed by atoms with Gasteiger partial charge in [-0.25, -0.2) is 0 Å². The van der Waals surface area contributed by atoms with Crippen LogP contribution >= 0.6 is 0 Å². The predicted molar refractivity (Wildman–Crippen MR) is 77.0 cm³/mol. The van der Waals surface area contributed by atoms with E-state index in [2.05, 4.69) is 32.8 Å². The fourth-order valence-corrected chi connectivity index (χ4v) is 2.28. The van der Waals surface area contributed by atoms with Crippen molar-refractivity contribution in [2.75, 3.05) is 0 Å². The van der Waals surface area contributed by atoms with Crippen LogP contribution in [0.5, 0.6) is 5.75 Å². The Morgan fingerprint density at radius 2 is 1.89 bits per heavy atom. The number of phenols is 1. The number of benzene rings is 2. The van der Waals surface area contributed by atoms with Crippen molar-refractivity contribution in [2.24, 2.45) is 0 Å². The number of fused-ring (bicyclic) bond motifs is 1. The summed E-state index contributed by atoms with van der Waals surface area (Å²) in [6, 6.07) is 9.05. The highest BCUT2D eigenvalue weighted by molar-refractivity contribution is 5.94. The fraction of sp³-hybridized carbons (Fsp3) is 0.235. The highest BCUT2D eigenvalue weighted by Crippen LogP contribution is 2.36.